The van der Waals surface area contributed by atoms with E-state index >= 15 is 0 Å². The summed E-state index contributed by atoms with van der Waals surface area (Å²) < 4.78 is 5.70. The van der Waals surface area contributed by atoms with Gasteiger partial charge in [0.05, 0.1) is 10.5 Å². The first-order valence-electron chi connectivity index (χ1n) is 9.35. The highest BCUT2D eigenvalue weighted by Gasteiger charge is 2.25. The maximum absolute atomic E-state index is 12.3. The lowest BCUT2D eigenvalue weighted by Gasteiger charge is -2.31. The third-order valence-corrected chi connectivity index (χ3v) is 5.73. The largest absolute Gasteiger partial charge is 0.454 e. The summed E-state index contributed by atoms with van der Waals surface area (Å²) in [5.74, 6) is -0.534. The number of Topliss-reactive ketones (excluding diaryl/α,β-unsaturated/α-hetero) is 1. The molecule has 1 heterocycles. The Morgan fingerprint density at radius 3 is 2.55 bits per heavy atom. The molecule has 1 saturated heterocycles. The fourth-order valence-corrected chi connectivity index (χ4v) is 3.80. The molecule has 7 nitrogen and oxygen atoms in total. The maximum Gasteiger partial charge on any atom is 0.338 e. The molecule has 2 aromatic carbocycles. The normalized spacial score (nSPS) is 14.5. The molecule has 3 rings (SSSR count). The Kier molecular flexibility index (Phi) is 6.64. The van der Waals surface area contributed by atoms with E-state index in [0.717, 1.165) is 25.9 Å². The molecule has 0 radical (unpaired) electrons. The minimum atomic E-state index is -0.771. The Labute approximate surface area is 176 Å². The van der Waals surface area contributed by atoms with Crippen molar-refractivity contribution in [3.8, 4) is 0 Å². The van der Waals surface area contributed by atoms with Crippen LogP contribution in [0, 0.1) is 16.0 Å². The van der Waals surface area contributed by atoms with Gasteiger partial charge in [0.2, 0.25) is 5.78 Å². The van der Waals surface area contributed by atoms with Crippen LogP contribution in [-0.4, -0.2) is 36.4 Å². The van der Waals surface area contributed by atoms with Gasteiger partial charge in [-0.3, -0.25) is 14.9 Å². The summed E-state index contributed by atoms with van der Waals surface area (Å²) in [6.45, 7) is 3.21. The molecule has 29 heavy (non-hydrogen) atoms. The third kappa shape index (κ3) is 5.00. The summed E-state index contributed by atoms with van der Waals surface area (Å²) in [5, 5.41) is 11.6. The van der Waals surface area contributed by atoms with Crippen molar-refractivity contribution in [3.05, 3.63) is 68.2 Å². The minimum Gasteiger partial charge on any atom is -0.454 e. The molecule has 1 aliphatic rings. The number of hydrogen-bond donors (Lipinski definition) is 0. The van der Waals surface area contributed by atoms with E-state index in [2.05, 4.69) is 22.9 Å². The molecular formula is C21H21BrN2O5. The number of piperidine rings is 1. The zero-order valence-electron chi connectivity index (χ0n) is 16.0. The summed E-state index contributed by atoms with van der Waals surface area (Å²) in [5.41, 5.74) is 0.820. The van der Waals surface area contributed by atoms with E-state index in [1.165, 1.54) is 12.1 Å². The number of nitrogens with zero attached hydrogens (tertiary/aromatic N) is 2. The Bertz CT molecular complexity index is 938. The van der Waals surface area contributed by atoms with Gasteiger partial charge in [-0.25, -0.2) is 4.79 Å². The molecule has 1 aliphatic heterocycles. The summed E-state index contributed by atoms with van der Waals surface area (Å²) in [6, 6.07) is 11.1. The Morgan fingerprint density at radius 1 is 1.21 bits per heavy atom. The first-order chi connectivity index (χ1) is 13.9. The van der Waals surface area contributed by atoms with Crippen LogP contribution in [0.4, 0.5) is 11.4 Å². The van der Waals surface area contributed by atoms with Crippen LogP contribution in [0.1, 0.15) is 40.5 Å². The van der Waals surface area contributed by atoms with Crippen molar-refractivity contribution in [1.82, 2.24) is 0 Å². The lowest BCUT2D eigenvalue weighted by atomic mass is 9.98. The van der Waals surface area contributed by atoms with Crippen LogP contribution < -0.4 is 4.90 Å². The fourth-order valence-electron chi connectivity index (χ4n) is 3.29. The first-order valence-corrected chi connectivity index (χ1v) is 10.1. The van der Waals surface area contributed by atoms with Crippen LogP contribution in [0.3, 0.4) is 0 Å². The number of nitro groups is 1. The van der Waals surface area contributed by atoms with Crippen LogP contribution in [-0.2, 0) is 4.74 Å². The molecule has 2 aromatic rings. The van der Waals surface area contributed by atoms with Gasteiger partial charge in [0.15, 0.2) is 6.61 Å². The van der Waals surface area contributed by atoms with E-state index in [9.17, 15) is 19.7 Å². The summed E-state index contributed by atoms with van der Waals surface area (Å²) in [7, 11) is 0. The second kappa shape index (κ2) is 9.17. The highest BCUT2D eigenvalue weighted by molar-refractivity contribution is 9.10. The molecule has 1 fully saturated rings. The van der Waals surface area contributed by atoms with E-state index in [0.29, 0.717) is 21.6 Å². The van der Waals surface area contributed by atoms with Gasteiger partial charge < -0.3 is 9.64 Å². The van der Waals surface area contributed by atoms with Gasteiger partial charge in [-0.2, -0.15) is 0 Å². The average Bonchev–Trinajstić information content (AvgIpc) is 2.72. The molecule has 0 atom stereocenters. The molecule has 0 aliphatic carbocycles. The predicted molar refractivity (Wildman–Crippen MR) is 112 cm³/mol. The van der Waals surface area contributed by atoms with Gasteiger partial charge in [-0.15, -0.1) is 0 Å². The second-order valence-corrected chi connectivity index (χ2v) is 7.96. The van der Waals surface area contributed by atoms with Crippen molar-refractivity contribution >= 4 is 39.1 Å². The molecule has 0 saturated carbocycles. The summed E-state index contributed by atoms with van der Waals surface area (Å²) in [6.07, 6.45) is 1.94. The van der Waals surface area contributed by atoms with Gasteiger partial charge in [-0.1, -0.05) is 41.1 Å². The van der Waals surface area contributed by atoms with Crippen molar-refractivity contribution in [2.45, 2.75) is 19.8 Å². The number of ketones is 1. The zero-order chi connectivity index (χ0) is 21.0. The Hall–Kier alpha value is -2.74. The molecule has 0 bridgehead atoms. The van der Waals surface area contributed by atoms with Crippen LogP contribution in [0.25, 0.3) is 0 Å². The number of esters is 1. The lowest BCUT2D eigenvalue weighted by molar-refractivity contribution is -0.384. The summed E-state index contributed by atoms with van der Waals surface area (Å²) >= 11 is 3.28. The average molecular weight is 461 g/mol. The highest BCUT2D eigenvalue weighted by atomic mass is 79.9. The monoisotopic (exact) mass is 460 g/mol. The van der Waals surface area contributed by atoms with Crippen molar-refractivity contribution in [2.24, 2.45) is 5.92 Å². The molecule has 0 spiro atoms. The number of hydrogen-bond acceptors (Lipinski definition) is 6. The van der Waals surface area contributed by atoms with Crippen LogP contribution in [0.5, 0.6) is 0 Å². The Morgan fingerprint density at radius 2 is 1.90 bits per heavy atom. The number of nitro benzene ring substituents is 1. The van der Waals surface area contributed by atoms with Gasteiger partial charge in [0.1, 0.15) is 5.69 Å². The second-order valence-electron chi connectivity index (χ2n) is 7.11. The number of rotatable bonds is 6. The first kappa shape index (κ1) is 21.0. The van der Waals surface area contributed by atoms with E-state index in [1.54, 1.807) is 30.3 Å². The standard InChI is InChI=1S/C21H21BrN2O5/c1-14-8-10-23(11-9-14)18-7-6-15(12-19(18)24(27)28)21(26)29-13-20(25)16-4-2-3-5-17(16)22/h2-7,12,14H,8-11,13H2,1H3. The summed E-state index contributed by atoms with van der Waals surface area (Å²) in [4.78, 5) is 37.6. The molecule has 0 amide bonds. The zero-order valence-corrected chi connectivity index (χ0v) is 17.6. The fraction of sp³-hybridized carbons (Fsp3) is 0.333. The molecule has 0 aromatic heterocycles. The number of ether oxygens (including phenoxy) is 1. The van der Waals surface area contributed by atoms with Gasteiger partial charge in [0, 0.05) is 29.2 Å². The van der Waals surface area contributed by atoms with E-state index in [1.807, 2.05) is 4.90 Å². The minimum absolute atomic E-state index is 0.0470. The molecule has 152 valence electrons. The lowest BCUT2D eigenvalue weighted by Crippen LogP contribution is -2.33. The van der Waals surface area contributed by atoms with Crippen molar-refractivity contribution in [2.75, 3.05) is 24.6 Å². The molecule has 0 unspecified atom stereocenters. The highest BCUT2D eigenvalue weighted by Crippen LogP contribution is 2.32. The predicted octanol–water partition coefficient (Wildman–Crippen LogP) is 4.63. The van der Waals surface area contributed by atoms with E-state index < -0.39 is 17.5 Å². The molecular weight excluding hydrogens is 440 g/mol. The quantitative estimate of drug-likeness (QED) is 0.270. The van der Waals surface area contributed by atoms with Gasteiger partial charge in [-0.05, 0) is 37.0 Å². The Balaban J connectivity index is 1.72. The smallest absolute Gasteiger partial charge is 0.338 e. The van der Waals surface area contributed by atoms with Crippen LogP contribution in [0.15, 0.2) is 46.9 Å². The van der Waals surface area contributed by atoms with Crippen LogP contribution in [0.2, 0.25) is 0 Å². The molecule has 0 N–H and O–H groups in total. The topological polar surface area (TPSA) is 89.8 Å². The third-order valence-electron chi connectivity index (χ3n) is 5.04. The molecule has 8 heteroatoms. The SMILES string of the molecule is CC1CCN(c2ccc(C(=O)OCC(=O)c3ccccc3Br)cc2[N+](=O)[O-])CC1. The van der Waals surface area contributed by atoms with Crippen molar-refractivity contribution < 1.29 is 19.2 Å². The van der Waals surface area contributed by atoms with Crippen molar-refractivity contribution in [1.29, 1.82) is 0 Å². The number of anilines is 1. The number of benzene rings is 2. The number of carbonyl (C=O) groups excluding carboxylic acids is 2. The van der Waals surface area contributed by atoms with Gasteiger partial charge in [0.25, 0.3) is 5.69 Å². The van der Waals surface area contributed by atoms with Crippen LogP contribution >= 0.6 is 15.9 Å². The maximum atomic E-state index is 12.3. The van der Waals surface area contributed by atoms with Crippen molar-refractivity contribution in [3.63, 3.8) is 0 Å². The van der Waals surface area contributed by atoms with E-state index in [-0.39, 0.29) is 17.0 Å². The number of halogens is 1. The number of carbonyl (C=O) groups is 2. The van der Waals surface area contributed by atoms with Gasteiger partial charge >= 0.3 is 5.97 Å². The van der Waals surface area contributed by atoms with E-state index in [4.69, 9.17) is 4.74 Å².